The SMILES string of the molecule is COc1cc2nccc(Oc3ccc(NC(=O)c4c(C)n(C[C@@H](C)[C@](C)(N)C(=O)O)n(-c5ccccc5)c4=O)cc3F)c2cc1OC.Cl. The number of para-hydroxylation sites is 1. The molecule has 5 rings (SSSR count). The summed E-state index contributed by atoms with van der Waals surface area (Å²) in [5.41, 5.74) is 5.02. The highest BCUT2D eigenvalue weighted by molar-refractivity contribution is 6.05. The fraction of sp³-hybridized carbons (Fsp3) is 0.235. The molecule has 0 aliphatic heterocycles. The molecule has 252 valence electrons. The molecule has 3 aromatic carbocycles. The minimum Gasteiger partial charge on any atom is -0.493 e. The fourth-order valence-electron chi connectivity index (χ4n) is 5.12. The summed E-state index contributed by atoms with van der Waals surface area (Å²) in [4.78, 5) is 43.4. The van der Waals surface area contributed by atoms with Crippen LogP contribution in [-0.4, -0.2) is 51.1 Å². The van der Waals surface area contributed by atoms with E-state index in [9.17, 15) is 19.5 Å². The van der Waals surface area contributed by atoms with Gasteiger partial charge < -0.3 is 30.4 Å². The van der Waals surface area contributed by atoms with Crippen LogP contribution >= 0.6 is 12.4 Å². The molecule has 1 amide bonds. The Morgan fingerprint density at radius 2 is 1.69 bits per heavy atom. The number of nitrogens with two attached hydrogens (primary N) is 1. The van der Waals surface area contributed by atoms with Crippen molar-refractivity contribution in [2.45, 2.75) is 32.9 Å². The van der Waals surface area contributed by atoms with E-state index in [4.69, 9.17) is 19.9 Å². The second kappa shape index (κ2) is 14.2. The number of benzene rings is 3. The van der Waals surface area contributed by atoms with E-state index in [0.717, 1.165) is 6.07 Å². The van der Waals surface area contributed by atoms with Gasteiger partial charge >= 0.3 is 5.97 Å². The Labute approximate surface area is 281 Å². The maximum absolute atomic E-state index is 15.4. The third-order valence-corrected chi connectivity index (χ3v) is 8.17. The number of anilines is 1. The lowest BCUT2D eigenvalue weighted by atomic mass is 9.88. The highest BCUT2D eigenvalue weighted by Gasteiger charge is 2.36. The molecule has 48 heavy (non-hydrogen) atoms. The van der Waals surface area contributed by atoms with Gasteiger partial charge in [-0.25, -0.2) is 9.07 Å². The predicted molar refractivity (Wildman–Crippen MR) is 181 cm³/mol. The van der Waals surface area contributed by atoms with Crippen LogP contribution in [0.4, 0.5) is 10.1 Å². The summed E-state index contributed by atoms with van der Waals surface area (Å²) in [6, 6.07) is 17.4. The minimum absolute atomic E-state index is 0. The highest BCUT2D eigenvalue weighted by Crippen LogP contribution is 2.37. The van der Waals surface area contributed by atoms with Crippen molar-refractivity contribution >= 4 is 40.9 Å². The van der Waals surface area contributed by atoms with Gasteiger partial charge in [0.1, 0.15) is 16.9 Å². The number of nitrogens with zero attached hydrogens (tertiary/aromatic N) is 3. The van der Waals surface area contributed by atoms with Gasteiger partial charge in [-0.05, 0) is 50.2 Å². The summed E-state index contributed by atoms with van der Waals surface area (Å²) in [6.07, 6.45) is 1.52. The minimum atomic E-state index is -1.61. The van der Waals surface area contributed by atoms with Gasteiger partial charge in [0.05, 0.1) is 31.1 Å². The van der Waals surface area contributed by atoms with E-state index in [1.165, 1.54) is 48.8 Å². The third kappa shape index (κ3) is 6.68. The summed E-state index contributed by atoms with van der Waals surface area (Å²) < 4.78 is 34.8. The van der Waals surface area contributed by atoms with Gasteiger partial charge in [-0.2, -0.15) is 0 Å². The number of rotatable bonds is 11. The van der Waals surface area contributed by atoms with E-state index in [1.54, 1.807) is 62.4 Å². The number of hydrogen-bond acceptors (Lipinski definition) is 8. The molecule has 2 atom stereocenters. The zero-order valence-corrected chi connectivity index (χ0v) is 27.6. The number of hydrogen-bond donors (Lipinski definition) is 3. The molecule has 4 N–H and O–H groups in total. The summed E-state index contributed by atoms with van der Waals surface area (Å²) in [5, 5.41) is 12.8. The summed E-state index contributed by atoms with van der Waals surface area (Å²) in [6.45, 7) is 4.65. The van der Waals surface area contributed by atoms with E-state index >= 15 is 4.39 Å². The molecule has 0 spiro atoms. The topological polar surface area (TPSA) is 160 Å². The zero-order valence-electron chi connectivity index (χ0n) is 26.8. The van der Waals surface area contributed by atoms with E-state index < -0.39 is 34.7 Å². The first kappa shape index (κ1) is 35.5. The Hall–Kier alpha value is -5.40. The monoisotopic (exact) mass is 679 g/mol. The van der Waals surface area contributed by atoms with E-state index in [2.05, 4.69) is 10.3 Å². The Morgan fingerprint density at radius 1 is 1.02 bits per heavy atom. The number of pyridine rings is 1. The van der Waals surface area contributed by atoms with E-state index in [1.807, 2.05) is 0 Å². The Morgan fingerprint density at radius 3 is 2.31 bits per heavy atom. The van der Waals surface area contributed by atoms with Crippen molar-refractivity contribution in [2.75, 3.05) is 19.5 Å². The largest absolute Gasteiger partial charge is 0.493 e. The van der Waals surface area contributed by atoms with Crippen LogP contribution in [0.25, 0.3) is 16.6 Å². The van der Waals surface area contributed by atoms with Crippen molar-refractivity contribution < 1.29 is 33.3 Å². The standard InChI is InChI=1S/C34H34FN5O7.ClH/c1-19(34(3,36)33(43)44)18-39-20(2)30(32(42)40(39)22-9-7-6-8-10-22)31(41)38-21-11-12-27(24(35)15-21)47-26-13-14-37-25-17-29(46-5)28(45-4)16-23(25)26;/h6-17,19H,18,36H2,1-5H3,(H,38,41)(H,43,44);1H/t19-,34+;/m1./s1. The molecule has 0 bridgehead atoms. The van der Waals surface area contributed by atoms with Crippen LogP contribution in [-0.2, 0) is 11.3 Å². The first-order valence-corrected chi connectivity index (χ1v) is 14.6. The lowest BCUT2D eigenvalue weighted by Crippen LogP contribution is -2.52. The molecule has 0 saturated carbocycles. The number of amides is 1. The van der Waals surface area contributed by atoms with Crippen molar-refractivity contribution in [3.8, 4) is 28.7 Å². The fourth-order valence-corrected chi connectivity index (χ4v) is 5.12. The van der Waals surface area contributed by atoms with Gasteiger partial charge in [0, 0.05) is 41.9 Å². The molecule has 0 aliphatic carbocycles. The lowest BCUT2D eigenvalue weighted by molar-refractivity contribution is -0.144. The Kier molecular flexibility index (Phi) is 10.5. The number of fused-ring (bicyclic) bond motifs is 1. The molecule has 2 aromatic heterocycles. The van der Waals surface area contributed by atoms with Gasteiger partial charge in [0.25, 0.3) is 11.5 Å². The van der Waals surface area contributed by atoms with Gasteiger partial charge in [-0.1, -0.05) is 25.1 Å². The number of aliphatic carboxylic acids is 1. The first-order valence-electron chi connectivity index (χ1n) is 14.6. The van der Waals surface area contributed by atoms with Crippen LogP contribution in [0.3, 0.4) is 0 Å². The molecular weight excluding hydrogens is 645 g/mol. The van der Waals surface area contributed by atoms with Crippen LogP contribution in [0, 0.1) is 18.7 Å². The Bertz CT molecular complexity index is 2050. The number of methoxy groups -OCH3 is 2. The van der Waals surface area contributed by atoms with Crippen molar-refractivity contribution in [2.24, 2.45) is 11.7 Å². The van der Waals surface area contributed by atoms with Gasteiger partial charge in [-0.3, -0.25) is 24.0 Å². The molecule has 0 aliphatic rings. The number of nitrogens with one attached hydrogen (secondary N) is 1. The smallest absolute Gasteiger partial charge is 0.323 e. The predicted octanol–water partition coefficient (Wildman–Crippen LogP) is 5.56. The zero-order chi connectivity index (χ0) is 34.0. The van der Waals surface area contributed by atoms with Gasteiger partial charge in [-0.15, -0.1) is 12.4 Å². The van der Waals surface area contributed by atoms with Crippen molar-refractivity contribution in [3.05, 3.63) is 100 Å². The summed E-state index contributed by atoms with van der Waals surface area (Å²) in [5.74, 6) is -2.26. The van der Waals surface area contributed by atoms with E-state index in [0.29, 0.717) is 33.8 Å². The van der Waals surface area contributed by atoms with Crippen LogP contribution < -0.4 is 30.8 Å². The molecular formula is C34H35ClFN5O7. The number of carboxylic acids is 1. The molecule has 0 fully saturated rings. The number of carbonyl (C=O) groups is 2. The van der Waals surface area contributed by atoms with E-state index in [-0.39, 0.29) is 41.6 Å². The second-order valence-corrected chi connectivity index (χ2v) is 11.2. The number of aromatic nitrogens is 3. The lowest BCUT2D eigenvalue weighted by Gasteiger charge is -2.28. The molecule has 2 heterocycles. The summed E-state index contributed by atoms with van der Waals surface area (Å²) in [7, 11) is 3.00. The van der Waals surface area contributed by atoms with Gasteiger partial charge in [0.15, 0.2) is 23.1 Å². The normalized spacial score (nSPS) is 12.8. The quantitative estimate of drug-likeness (QED) is 0.162. The maximum atomic E-state index is 15.4. The maximum Gasteiger partial charge on any atom is 0.323 e. The van der Waals surface area contributed by atoms with Crippen LogP contribution in [0.5, 0.6) is 23.0 Å². The van der Waals surface area contributed by atoms with Crippen molar-refractivity contribution in [3.63, 3.8) is 0 Å². The van der Waals surface area contributed by atoms with Crippen LogP contribution in [0.15, 0.2) is 77.7 Å². The number of carbonyl (C=O) groups excluding carboxylic acids is 1. The average molecular weight is 680 g/mol. The van der Waals surface area contributed by atoms with Crippen molar-refractivity contribution in [1.82, 2.24) is 14.3 Å². The Balaban J connectivity index is 0.00000520. The summed E-state index contributed by atoms with van der Waals surface area (Å²) >= 11 is 0. The van der Waals surface area contributed by atoms with Crippen molar-refractivity contribution in [1.29, 1.82) is 0 Å². The second-order valence-electron chi connectivity index (χ2n) is 11.2. The molecule has 14 heteroatoms. The number of halogens is 2. The molecule has 0 saturated heterocycles. The van der Waals surface area contributed by atoms with Crippen LogP contribution in [0.2, 0.25) is 0 Å². The number of carboxylic acid groups (broad SMARTS) is 1. The molecule has 5 aromatic rings. The molecule has 0 unspecified atom stereocenters. The van der Waals surface area contributed by atoms with Crippen LogP contribution in [0.1, 0.15) is 29.9 Å². The molecule has 0 radical (unpaired) electrons. The average Bonchev–Trinajstić information content (AvgIpc) is 3.30. The first-order chi connectivity index (χ1) is 22.4. The third-order valence-electron chi connectivity index (χ3n) is 8.17. The molecule has 12 nitrogen and oxygen atoms in total. The number of ether oxygens (including phenoxy) is 3. The van der Waals surface area contributed by atoms with Gasteiger partial charge in [0.2, 0.25) is 0 Å². The highest BCUT2D eigenvalue weighted by atomic mass is 35.5.